The van der Waals surface area contributed by atoms with Crippen LogP contribution >= 0.6 is 0 Å². The van der Waals surface area contributed by atoms with Crippen molar-refractivity contribution in [1.82, 2.24) is 0 Å². The Morgan fingerprint density at radius 2 is 1.79 bits per heavy atom. The van der Waals surface area contributed by atoms with Crippen LogP contribution in [0.25, 0.3) is 0 Å². The molecule has 9 heteroatoms. The molecule has 2 atom stereocenters. The lowest BCUT2D eigenvalue weighted by Gasteiger charge is -2.32. The number of benzene rings is 1. The molecule has 0 bridgehead atoms. The Hall–Kier alpha value is -1.16. The summed E-state index contributed by atoms with van der Waals surface area (Å²) in [7, 11) is -8.37. The van der Waals surface area contributed by atoms with E-state index in [4.69, 9.17) is 4.55 Å². The summed E-state index contributed by atoms with van der Waals surface area (Å²) in [5.74, 6) is 0. The third-order valence-electron chi connectivity index (χ3n) is 5.07. The molecule has 0 amide bonds. The molecule has 2 rings (SSSR count). The molecule has 0 saturated carbocycles. The Morgan fingerprint density at radius 3 is 2.29 bits per heavy atom. The largest absolute Gasteiger partial charge is 0.368 e. The second-order valence-corrected chi connectivity index (χ2v) is 10.1. The summed E-state index contributed by atoms with van der Waals surface area (Å²) in [6, 6.07) is 4.43. The van der Waals surface area contributed by atoms with Crippen LogP contribution in [0.5, 0.6) is 0 Å². The van der Waals surface area contributed by atoms with Gasteiger partial charge in [-0.05, 0) is 44.0 Å². The lowest BCUT2D eigenvalue weighted by atomic mass is 9.81. The van der Waals surface area contributed by atoms with E-state index < -0.39 is 25.5 Å². The van der Waals surface area contributed by atoms with Crippen LogP contribution in [0.15, 0.2) is 23.1 Å². The SMILES string of the molecule is CC1N(CCC(C)S(=O)(=O)O)c2ccc(S(=O)(=O)O)cc2C1(C)C. The highest BCUT2D eigenvalue weighted by Gasteiger charge is 2.42. The van der Waals surface area contributed by atoms with Crippen LogP contribution in [0, 0.1) is 0 Å². The van der Waals surface area contributed by atoms with Gasteiger partial charge in [0.2, 0.25) is 0 Å². The average molecular weight is 377 g/mol. The van der Waals surface area contributed by atoms with Crippen molar-refractivity contribution >= 4 is 25.9 Å². The topological polar surface area (TPSA) is 112 Å². The molecule has 1 aliphatic rings. The fraction of sp³-hybridized carbons (Fsp3) is 0.600. The minimum absolute atomic E-state index is 0.00209. The Labute approximate surface area is 143 Å². The summed E-state index contributed by atoms with van der Waals surface area (Å²) in [4.78, 5) is 1.85. The molecule has 1 aromatic rings. The van der Waals surface area contributed by atoms with Gasteiger partial charge in [0, 0.05) is 23.7 Å². The van der Waals surface area contributed by atoms with Crippen molar-refractivity contribution in [2.75, 3.05) is 11.4 Å². The van der Waals surface area contributed by atoms with E-state index in [1.54, 1.807) is 6.07 Å². The smallest absolute Gasteiger partial charge is 0.294 e. The monoisotopic (exact) mass is 377 g/mol. The first kappa shape index (κ1) is 19.2. The predicted octanol–water partition coefficient (Wildman–Crippen LogP) is 2.09. The minimum atomic E-state index is -4.29. The zero-order valence-electron chi connectivity index (χ0n) is 14.1. The fourth-order valence-corrected chi connectivity index (χ4v) is 3.96. The van der Waals surface area contributed by atoms with Crippen LogP contribution in [-0.2, 0) is 25.7 Å². The van der Waals surface area contributed by atoms with Crippen molar-refractivity contribution in [1.29, 1.82) is 0 Å². The zero-order chi connectivity index (χ0) is 18.5. The maximum atomic E-state index is 11.4. The van der Waals surface area contributed by atoms with Crippen molar-refractivity contribution in [3.63, 3.8) is 0 Å². The van der Waals surface area contributed by atoms with E-state index in [1.807, 2.05) is 25.7 Å². The number of hydrogen-bond donors (Lipinski definition) is 2. The third kappa shape index (κ3) is 3.44. The summed E-state index contributed by atoms with van der Waals surface area (Å²) >= 11 is 0. The Bertz CT molecular complexity index is 845. The van der Waals surface area contributed by atoms with Crippen LogP contribution < -0.4 is 4.90 Å². The average Bonchev–Trinajstić information content (AvgIpc) is 2.62. The van der Waals surface area contributed by atoms with E-state index in [9.17, 15) is 21.4 Å². The van der Waals surface area contributed by atoms with Crippen LogP contribution in [0.3, 0.4) is 0 Å². The number of rotatable bonds is 5. The molecule has 1 aliphatic heterocycles. The van der Waals surface area contributed by atoms with E-state index >= 15 is 0 Å². The molecule has 0 fully saturated rings. The zero-order valence-corrected chi connectivity index (χ0v) is 15.7. The molecule has 0 spiro atoms. The van der Waals surface area contributed by atoms with Gasteiger partial charge in [0.05, 0.1) is 10.1 Å². The van der Waals surface area contributed by atoms with Gasteiger partial charge in [-0.15, -0.1) is 0 Å². The number of nitrogens with zero attached hydrogens (tertiary/aromatic N) is 1. The second kappa shape index (κ2) is 5.98. The van der Waals surface area contributed by atoms with Crippen molar-refractivity contribution < 1.29 is 25.9 Å². The highest BCUT2D eigenvalue weighted by Crippen LogP contribution is 2.45. The van der Waals surface area contributed by atoms with Gasteiger partial charge in [-0.3, -0.25) is 9.11 Å². The van der Waals surface area contributed by atoms with E-state index in [0.29, 0.717) is 6.54 Å². The molecule has 0 saturated heterocycles. The van der Waals surface area contributed by atoms with Gasteiger partial charge in [0.1, 0.15) is 0 Å². The van der Waals surface area contributed by atoms with Crippen LogP contribution in [0.4, 0.5) is 5.69 Å². The molecule has 2 N–H and O–H groups in total. The van der Waals surface area contributed by atoms with E-state index in [-0.39, 0.29) is 22.8 Å². The Morgan fingerprint density at radius 1 is 1.21 bits per heavy atom. The molecule has 1 aromatic carbocycles. The molecular formula is C15H23NO6S2. The van der Waals surface area contributed by atoms with Gasteiger partial charge in [-0.25, -0.2) is 0 Å². The van der Waals surface area contributed by atoms with Gasteiger partial charge in [0.25, 0.3) is 20.2 Å². The summed E-state index contributed by atoms with van der Waals surface area (Å²) in [5.41, 5.74) is 1.21. The number of fused-ring (bicyclic) bond motifs is 1. The first-order valence-electron chi connectivity index (χ1n) is 7.61. The van der Waals surface area contributed by atoms with E-state index in [1.165, 1.54) is 19.1 Å². The first-order chi connectivity index (χ1) is 10.8. The standard InChI is InChI=1S/C15H23NO6S2/c1-10(23(17,18)19)7-8-16-11(2)15(3,4)13-9-12(24(20,21)22)5-6-14(13)16/h5-6,9-11H,7-8H2,1-4H3,(H,17,18,19)(H,20,21,22). The minimum Gasteiger partial charge on any atom is -0.368 e. The Balaban J connectivity index is 2.38. The molecule has 24 heavy (non-hydrogen) atoms. The summed E-state index contributed by atoms with van der Waals surface area (Å²) in [6.45, 7) is 7.77. The highest BCUT2D eigenvalue weighted by molar-refractivity contribution is 7.86. The molecule has 136 valence electrons. The molecule has 7 nitrogen and oxygen atoms in total. The van der Waals surface area contributed by atoms with Crippen LogP contribution in [0.2, 0.25) is 0 Å². The Kier molecular flexibility index (Phi) is 4.77. The van der Waals surface area contributed by atoms with Crippen molar-refractivity contribution in [3.05, 3.63) is 23.8 Å². The number of anilines is 1. The van der Waals surface area contributed by atoms with E-state index in [0.717, 1.165) is 11.3 Å². The lowest BCUT2D eigenvalue weighted by Crippen LogP contribution is -2.40. The molecular weight excluding hydrogens is 354 g/mol. The van der Waals surface area contributed by atoms with Gasteiger partial charge in [-0.1, -0.05) is 13.8 Å². The van der Waals surface area contributed by atoms with Gasteiger partial charge >= 0.3 is 0 Å². The molecule has 1 heterocycles. The van der Waals surface area contributed by atoms with Gasteiger partial charge < -0.3 is 4.90 Å². The third-order valence-corrected chi connectivity index (χ3v) is 7.17. The normalized spacial score (nSPS) is 21.6. The van der Waals surface area contributed by atoms with Crippen LogP contribution in [0.1, 0.15) is 39.7 Å². The van der Waals surface area contributed by atoms with Gasteiger partial charge in [0.15, 0.2) is 0 Å². The van der Waals surface area contributed by atoms with Crippen molar-refractivity contribution in [2.45, 2.75) is 55.7 Å². The molecule has 2 unspecified atom stereocenters. The van der Waals surface area contributed by atoms with Crippen LogP contribution in [-0.4, -0.2) is 43.8 Å². The fourth-order valence-electron chi connectivity index (χ4n) is 3.05. The molecule has 0 aromatic heterocycles. The summed E-state index contributed by atoms with van der Waals surface area (Å²) in [6.07, 6.45) is 0.249. The van der Waals surface area contributed by atoms with E-state index in [2.05, 4.69) is 0 Å². The maximum Gasteiger partial charge on any atom is 0.294 e. The summed E-state index contributed by atoms with van der Waals surface area (Å²) in [5, 5.41) is -0.881. The maximum absolute atomic E-state index is 11.4. The van der Waals surface area contributed by atoms with Crippen molar-refractivity contribution in [2.24, 2.45) is 0 Å². The quantitative estimate of drug-likeness (QED) is 0.756. The van der Waals surface area contributed by atoms with Crippen molar-refractivity contribution in [3.8, 4) is 0 Å². The molecule has 0 radical (unpaired) electrons. The van der Waals surface area contributed by atoms with Gasteiger partial charge in [-0.2, -0.15) is 16.8 Å². The predicted molar refractivity (Wildman–Crippen MR) is 91.7 cm³/mol. The first-order valence-corrected chi connectivity index (χ1v) is 10.6. The second-order valence-electron chi connectivity index (χ2n) is 6.86. The lowest BCUT2D eigenvalue weighted by molar-refractivity contribution is 0.433. The molecule has 0 aliphatic carbocycles. The number of hydrogen-bond acceptors (Lipinski definition) is 5. The highest BCUT2D eigenvalue weighted by atomic mass is 32.2. The summed E-state index contributed by atoms with van der Waals surface area (Å²) < 4.78 is 63.5.